The topological polar surface area (TPSA) is 43.1 Å². The Labute approximate surface area is 194 Å². The van der Waals surface area contributed by atoms with Gasteiger partial charge in [0.25, 0.3) is 0 Å². The van der Waals surface area contributed by atoms with Crippen molar-refractivity contribution in [1.82, 2.24) is 0 Å². The van der Waals surface area contributed by atoms with E-state index in [-0.39, 0.29) is 0 Å². The van der Waals surface area contributed by atoms with Gasteiger partial charge in [-0.3, -0.25) is 10.1 Å². The Hall–Kier alpha value is -4.57. The minimum atomic E-state index is -0.838. The summed E-state index contributed by atoms with van der Waals surface area (Å²) < 4.78 is 14.1. The van der Waals surface area contributed by atoms with E-state index in [1.807, 2.05) is 48.5 Å². The van der Waals surface area contributed by atoms with Crippen LogP contribution < -0.4 is 0 Å². The highest BCUT2D eigenvalue weighted by atomic mass is 19.1. The number of halogens is 1. The number of rotatable bonds is 3. The smallest absolute Gasteiger partial charge is 0.258 e. The molecule has 0 heterocycles. The normalized spacial score (nSPS) is 11.3. The fourth-order valence-electron chi connectivity index (χ4n) is 4.90. The zero-order chi connectivity index (χ0) is 23.2. The van der Waals surface area contributed by atoms with Gasteiger partial charge in [0.2, 0.25) is 5.82 Å². The second-order valence-electron chi connectivity index (χ2n) is 8.33. The van der Waals surface area contributed by atoms with Crippen LogP contribution in [0.5, 0.6) is 0 Å². The van der Waals surface area contributed by atoms with E-state index in [1.54, 1.807) is 6.07 Å². The lowest BCUT2D eigenvalue weighted by Crippen LogP contribution is -1.95. The number of nitro benzene ring substituents is 1. The molecular weight excluding hydrogens is 425 g/mol. The molecule has 0 bridgehead atoms. The molecular formula is C30H18FNO2. The molecule has 6 aromatic carbocycles. The van der Waals surface area contributed by atoms with Crippen LogP contribution in [0.4, 0.5) is 10.1 Å². The first-order chi connectivity index (χ1) is 16.6. The van der Waals surface area contributed by atoms with Crippen LogP contribution in [0.1, 0.15) is 0 Å². The highest BCUT2D eigenvalue weighted by Gasteiger charge is 2.20. The predicted octanol–water partition coefficient (Wildman–Crippen LogP) is 8.53. The van der Waals surface area contributed by atoms with E-state index in [0.29, 0.717) is 5.56 Å². The number of nitrogens with zero attached hydrogens (tertiary/aromatic N) is 1. The molecule has 0 N–H and O–H groups in total. The summed E-state index contributed by atoms with van der Waals surface area (Å²) >= 11 is 0. The Balaban J connectivity index is 1.74. The van der Waals surface area contributed by atoms with Crippen LogP contribution in [0.15, 0.2) is 109 Å². The van der Waals surface area contributed by atoms with Crippen molar-refractivity contribution in [3.05, 3.63) is 125 Å². The van der Waals surface area contributed by atoms with Crippen molar-refractivity contribution in [3.63, 3.8) is 0 Å². The van der Waals surface area contributed by atoms with Crippen molar-refractivity contribution < 1.29 is 9.31 Å². The van der Waals surface area contributed by atoms with Crippen LogP contribution >= 0.6 is 0 Å². The molecule has 0 aliphatic carbocycles. The van der Waals surface area contributed by atoms with Crippen LogP contribution in [0, 0.1) is 15.9 Å². The van der Waals surface area contributed by atoms with Crippen LogP contribution in [0.2, 0.25) is 0 Å². The van der Waals surface area contributed by atoms with E-state index < -0.39 is 16.4 Å². The summed E-state index contributed by atoms with van der Waals surface area (Å²) in [6.45, 7) is 0. The maximum absolute atomic E-state index is 14.1. The Morgan fingerprint density at radius 1 is 0.559 bits per heavy atom. The third-order valence-electron chi connectivity index (χ3n) is 6.40. The summed E-state index contributed by atoms with van der Waals surface area (Å²) in [6.07, 6.45) is 0. The van der Waals surface area contributed by atoms with Gasteiger partial charge in [0.1, 0.15) is 0 Å². The molecule has 4 heteroatoms. The van der Waals surface area contributed by atoms with E-state index >= 15 is 0 Å². The SMILES string of the molecule is O=[N+]([O-])c1cc(-c2c3ccccc3c(-c3ccc4ccccc4c3)c3ccccc23)ccc1F. The van der Waals surface area contributed by atoms with Crippen molar-refractivity contribution in [1.29, 1.82) is 0 Å². The molecule has 0 fully saturated rings. The second kappa shape index (κ2) is 7.78. The molecule has 0 aliphatic heterocycles. The molecule has 0 aromatic heterocycles. The maximum Gasteiger partial charge on any atom is 0.305 e. The number of nitro groups is 1. The summed E-state index contributed by atoms with van der Waals surface area (Å²) in [4.78, 5) is 10.8. The van der Waals surface area contributed by atoms with Gasteiger partial charge in [0.05, 0.1) is 4.92 Å². The minimum absolute atomic E-state index is 0.524. The molecule has 6 aromatic rings. The Morgan fingerprint density at radius 3 is 1.59 bits per heavy atom. The zero-order valence-corrected chi connectivity index (χ0v) is 18.0. The lowest BCUT2D eigenvalue weighted by Gasteiger charge is -2.18. The molecule has 0 saturated carbocycles. The number of fused-ring (bicyclic) bond motifs is 3. The van der Waals surface area contributed by atoms with Gasteiger partial charge >= 0.3 is 5.69 Å². The van der Waals surface area contributed by atoms with Crippen LogP contribution in [0.25, 0.3) is 54.6 Å². The fourth-order valence-corrected chi connectivity index (χ4v) is 4.90. The lowest BCUT2D eigenvalue weighted by molar-refractivity contribution is -0.387. The Morgan fingerprint density at radius 2 is 1.03 bits per heavy atom. The zero-order valence-electron chi connectivity index (χ0n) is 18.0. The largest absolute Gasteiger partial charge is 0.305 e. The molecule has 0 saturated heterocycles. The van der Waals surface area contributed by atoms with Gasteiger partial charge < -0.3 is 0 Å². The molecule has 34 heavy (non-hydrogen) atoms. The molecule has 0 amide bonds. The molecule has 0 atom stereocenters. The summed E-state index contributed by atoms with van der Waals surface area (Å²) in [7, 11) is 0. The van der Waals surface area contributed by atoms with E-state index in [1.165, 1.54) is 17.5 Å². The van der Waals surface area contributed by atoms with E-state index in [9.17, 15) is 14.5 Å². The van der Waals surface area contributed by atoms with Crippen molar-refractivity contribution >= 4 is 38.0 Å². The van der Waals surface area contributed by atoms with Gasteiger partial charge in [-0.25, -0.2) is 0 Å². The average Bonchev–Trinajstić information content (AvgIpc) is 2.87. The molecule has 0 radical (unpaired) electrons. The third kappa shape index (κ3) is 3.11. The van der Waals surface area contributed by atoms with Gasteiger partial charge in [-0.1, -0.05) is 91.0 Å². The molecule has 162 valence electrons. The summed E-state index contributed by atoms with van der Waals surface area (Å²) in [5.41, 5.74) is 3.16. The minimum Gasteiger partial charge on any atom is -0.258 e. The second-order valence-corrected chi connectivity index (χ2v) is 8.33. The number of hydrogen-bond acceptors (Lipinski definition) is 2. The first kappa shape index (κ1) is 20.1. The van der Waals surface area contributed by atoms with Crippen LogP contribution in [-0.4, -0.2) is 4.92 Å². The Bertz CT molecular complexity index is 1700. The van der Waals surface area contributed by atoms with E-state index in [4.69, 9.17) is 0 Å². The van der Waals surface area contributed by atoms with Crippen LogP contribution in [-0.2, 0) is 0 Å². The number of hydrogen-bond donors (Lipinski definition) is 0. The van der Waals surface area contributed by atoms with Gasteiger partial charge in [0, 0.05) is 6.07 Å². The third-order valence-corrected chi connectivity index (χ3v) is 6.40. The molecule has 3 nitrogen and oxygen atoms in total. The quantitative estimate of drug-likeness (QED) is 0.156. The highest BCUT2D eigenvalue weighted by Crippen LogP contribution is 2.44. The first-order valence-electron chi connectivity index (χ1n) is 11.0. The van der Waals surface area contributed by atoms with Crippen LogP contribution in [0.3, 0.4) is 0 Å². The molecule has 6 rings (SSSR count). The fraction of sp³-hybridized carbons (Fsp3) is 0. The lowest BCUT2D eigenvalue weighted by atomic mass is 9.85. The summed E-state index contributed by atoms with van der Waals surface area (Å²) in [5, 5.41) is 17.8. The van der Waals surface area contributed by atoms with Gasteiger partial charge in [-0.15, -0.1) is 0 Å². The van der Waals surface area contributed by atoms with Gasteiger partial charge in [-0.05, 0) is 66.7 Å². The summed E-state index contributed by atoms with van der Waals surface area (Å²) in [5.74, 6) is -0.838. The highest BCUT2D eigenvalue weighted by molar-refractivity contribution is 6.21. The van der Waals surface area contributed by atoms with Crippen molar-refractivity contribution in [3.8, 4) is 22.3 Å². The van der Waals surface area contributed by atoms with Gasteiger partial charge in [-0.2, -0.15) is 4.39 Å². The van der Waals surface area contributed by atoms with Crippen molar-refractivity contribution in [2.75, 3.05) is 0 Å². The standard InChI is InChI=1S/C30H18FNO2/c31-27-16-15-22(18-28(27)32(33)34)30-25-11-5-3-9-23(25)29(24-10-4-6-12-26(24)30)21-14-13-19-7-1-2-8-20(19)17-21/h1-18H. The average molecular weight is 443 g/mol. The van der Waals surface area contributed by atoms with E-state index in [0.717, 1.165) is 43.6 Å². The maximum atomic E-state index is 14.1. The van der Waals surface area contributed by atoms with Crippen molar-refractivity contribution in [2.24, 2.45) is 0 Å². The molecule has 0 spiro atoms. The van der Waals surface area contributed by atoms with Gasteiger partial charge in [0.15, 0.2) is 0 Å². The van der Waals surface area contributed by atoms with E-state index in [2.05, 4.69) is 42.5 Å². The Kier molecular flexibility index (Phi) is 4.59. The predicted molar refractivity (Wildman–Crippen MR) is 136 cm³/mol. The number of benzene rings is 6. The molecule has 0 unspecified atom stereocenters. The first-order valence-corrected chi connectivity index (χ1v) is 11.0. The van der Waals surface area contributed by atoms with Crippen molar-refractivity contribution in [2.45, 2.75) is 0 Å². The molecule has 0 aliphatic rings. The monoisotopic (exact) mass is 443 g/mol. The summed E-state index contributed by atoms with van der Waals surface area (Å²) in [6, 6.07) is 35.0.